The second-order valence-electron chi connectivity index (χ2n) is 4.51. The molecule has 7 nitrogen and oxygen atoms in total. The standard InChI is InChI=1S/C14H11N3O4S/c1-8-10(5-11(13(18)16-8)21-14(19)20)12-4-9(6-22-12)17-3-2-15-7-17/h2-7H,1H3,(H,16,18)(H,19,20). The fourth-order valence-corrected chi connectivity index (χ4v) is 3.01. The van der Waals surface area contributed by atoms with Gasteiger partial charge in [0.15, 0.2) is 5.75 Å². The van der Waals surface area contributed by atoms with E-state index in [1.54, 1.807) is 19.4 Å². The Bertz CT molecular complexity index is 880. The van der Waals surface area contributed by atoms with Gasteiger partial charge in [0.25, 0.3) is 5.56 Å². The molecule has 3 aromatic rings. The number of thiophene rings is 1. The number of imidazole rings is 1. The van der Waals surface area contributed by atoms with E-state index in [1.807, 2.05) is 22.2 Å². The van der Waals surface area contributed by atoms with Crippen LogP contribution in [0.5, 0.6) is 5.75 Å². The topological polar surface area (TPSA) is 97.2 Å². The Morgan fingerprint density at radius 3 is 2.95 bits per heavy atom. The number of aryl methyl sites for hydroxylation is 1. The van der Waals surface area contributed by atoms with Gasteiger partial charge in [-0.2, -0.15) is 0 Å². The van der Waals surface area contributed by atoms with E-state index in [-0.39, 0.29) is 5.75 Å². The first-order chi connectivity index (χ1) is 10.5. The second-order valence-corrected chi connectivity index (χ2v) is 5.42. The van der Waals surface area contributed by atoms with Crippen LogP contribution in [-0.4, -0.2) is 25.8 Å². The van der Waals surface area contributed by atoms with Crippen molar-refractivity contribution in [1.82, 2.24) is 14.5 Å². The number of carboxylic acid groups (broad SMARTS) is 1. The number of hydrogen-bond donors (Lipinski definition) is 2. The number of ether oxygens (including phenoxy) is 1. The molecule has 0 spiro atoms. The summed E-state index contributed by atoms with van der Waals surface area (Å²) in [6.07, 6.45) is 3.67. The summed E-state index contributed by atoms with van der Waals surface area (Å²) in [6, 6.07) is 3.36. The molecule has 0 atom stereocenters. The van der Waals surface area contributed by atoms with Gasteiger partial charge < -0.3 is 19.4 Å². The van der Waals surface area contributed by atoms with Crippen molar-refractivity contribution in [1.29, 1.82) is 0 Å². The molecule has 0 unspecified atom stereocenters. The Kier molecular flexibility index (Phi) is 3.51. The van der Waals surface area contributed by atoms with E-state index in [0.717, 1.165) is 10.6 Å². The van der Waals surface area contributed by atoms with Crippen LogP contribution in [0, 0.1) is 6.92 Å². The predicted octanol–water partition coefficient (Wildman–Crippen LogP) is 2.65. The molecule has 0 radical (unpaired) electrons. The van der Waals surface area contributed by atoms with Crippen LogP contribution < -0.4 is 10.3 Å². The van der Waals surface area contributed by atoms with E-state index >= 15 is 0 Å². The maximum Gasteiger partial charge on any atom is 0.511 e. The van der Waals surface area contributed by atoms with Crippen molar-refractivity contribution in [2.24, 2.45) is 0 Å². The van der Waals surface area contributed by atoms with Gasteiger partial charge in [-0.3, -0.25) is 4.79 Å². The third kappa shape index (κ3) is 2.63. The number of hydrogen-bond acceptors (Lipinski definition) is 5. The van der Waals surface area contributed by atoms with Crippen molar-refractivity contribution in [2.75, 3.05) is 0 Å². The van der Waals surface area contributed by atoms with Crippen molar-refractivity contribution < 1.29 is 14.6 Å². The zero-order valence-electron chi connectivity index (χ0n) is 11.4. The van der Waals surface area contributed by atoms with Crippen molar-refractivity contribution in [3.8, 4) is 21.9 Å². The van der Waals surface area contributed by atoms with Gasteiger partial charge in [0.1, 0.15) is 0 Å². The molecule has 0 bridgehead atoms. The molecule has 8 heteroatoms. The van der Waals surface area contributed by atoms with Gasteiger partial charge in [-0.05, 0) is 19.1 Å². The van der Waals surface area contributed by atoms with Crippen LogP contribution in [0.15, 0.2) is 41.0 Å². The number of nitrogens with one attached hydrogen (secondary N) is 1. The molecule has 0 amide bonds. The van der Waals surface area contributed by atoms with Crippen LogP contribution in [0.25, 0.3) is 16.1 Å². The Morgan fingerprint density at radius 1 is 1.45 bits per heavy atom. The third-order valence-corrected chi connectivity index (χ3v) is 4.01. The van der Waals surface area contributed by atoms with Crippen LogP contribution in [0.2, 0.25) is 0 Å². The lowest BCUT2D eigenvalue weighted by atomic mass is 10.1. The normalized spacial score (nSPS) is 10.6. The fourth-order valence-electron chi connectivity index (χ4n) is 2.04. The highest BCUT2D eigenvalue weighted by Crippen LogP contribution is 2.31. The van der Waals surface area contributed by atoms with Crippen LogP contribution in [0.1, 0.15) is 5.69 Å². The first kappa shape index (κ1) is 14.1. The first-order valence-corrected chi connectivity index (χ1v) is 7.14. The predicted molar refractivity (Wildman–Crippen MR) is 80.9 cm³/mol. The van der Waals surface area contributed by atoms with Crippen molar-refractivity contribution in [3.63, 3.8) is 0 Å². The van der Waals surface area contributed by atoms with Crippen LogP contribution in [0.3, 0.4) is 0 Å². The van der Waals surface area contributed by atoms with E-state index in [1.165, 1.54) is 17.4 Å². The van der Waals surface area contributed by atoms with Gasteiger partial charge in [0.2, 0.25) is 0 Å². The summed E-state index contributed by atoms with van der Waals surface area (Å²) >= 11 is 1.47. The van der Waals surface area contributed by atoms with Gasteiger partial charge in [-0.15, -0.1) is 11.3 Å². The molecule has 0 saturated carbocycles. The number of H-pyrrole nitrogens is 1. The fraction of sp³-hybridized carbons (Fsp3) is 0.0714. The smallest absolute Gasteiger partial charge is 0.449 e. The van der Waals surface area contributed by atoms with Gasteiger partial charge in [-0.1, -0.05) is 0 Å². The maximum absolute atomic E-state index is 11.7. The van der Waals surface area contributed by atoms with Crippen molar-refractivity contribution >= 4 is 17.5 Å². The number of aromatic nitrogens is 3. The second kappa shape index (κ2) is 5.49. The summed E-state index contributed by atoms with van der Waals surface area (Å²) in [7, 11) is 0. The number of pyridine rings is 1. The van der Waals surface area contributed by atoms with Crippen LogP contribution >= 0.6 is 11.3 Å². The van der Waals surface area contributed by atoms with E-state index in [2.05, 4.69) is 14.7 Å². The molecule has 0 aliphatic carbocycles. The third-order valence-electron chi connectivity index (χ3n) is 3.06. The molecule has 0 aliphatic heterocycles. The van der Waals surface area contributed by atoms with E-state index in [9.17, 15) is 9.59 Å². The van der Waals surface area contributed by atoms with E-state index in [0.29, 0.717) is 11.3 Å². The molecule has 0 fully saturated rings. The van der Waals surface area contributed by atoms with Crippen LogP contribution in [0.4, 0.5) is 4.79 Å². The van der Waals surface area contributed by atoms with Crippen molar-refractivity contribution in [3.05, 3.63) is 52.3 Å². The van der Waals surface area contributed by atoms with Gasteiger partial charge in [0.05, 0.1) is 12.0 Å². The number of nitrogens with zero attached hydrogens (tertiary/aromatic N) is 2. The van der Waals surface area contributed by atoms with Gasteiger partial charge in [-0.25, -0.2) is 9.78 Å². The molecule has 0 aromatic carbocycles. The Hall–Kier alpha value is -2.87. The van der Waals surface area contributed by atoms with Crippen molar-refractivity contribution in [2.45, 2.75) is 6.92 Å². The van der Waals surface area contributed by atoms with Gasteiger partial charge in [0, 0.05) is 33.9 Å². The minimum atomic E-state index is -1.52. The van der Waals surface area contributed by atoms with E-state index in [4.69, 9.17) is 5.11 Å². The molecule has 2 N–H and O–H groups in total. The quantitative estimate of drug-likeness (QED) is 0.724. The molecule has 3 rings (SSSR count). The highest BCUT2D eigenvalue weighted by molar-refractivity contribution is 7.13. The minimum absolute atomic E-state index is 0.245. The zero-order chi connectivity index (χ0) is 15.7. The Labute approximate surface area is 128 Å². The molecule has 0 saturated heterocycles. The summed E-state index contributed by atoms with van der Waals surface area (Å²) in [6.45, 7) is 1.75. The van der Waals surface area contributed by atoms with Crippen LogP contribution in [-0.2, 0) is 0 Å². The van der Waals surface area contributed by atoms with E-state index < -0.39 is 11.7 Å². The number of carbonyl (C=O) groups is 1. The molecular formula is C14H11N3O4S. The maximum atomic E-state index is 11.7. The number of aromatic amines is 1. The lowest BCUT2D eigenvalue weighted by Gasteiger charge is -2.06. The highest BCUT2D eigenvalue weighted by atomic mass is 32.1. The lowest BCUT2D eigenvalue weighted by Crippen LogP contribution is -2.15. The average Bonchev–Trinajstić information content (AvgIpc) is 3.11. The largest absolute Gasteiger partial charge is 0.511 e. The summed E-state index contributed by atoms with van der Waals surface area (Å²) in [5.74, 6) is -0.245. The number of rotatable bonds is 3. The molecule has 0 aliphatic rings. The zero-order valence-corrected chi connectivity index (χ0v) is 12.3. The molecule has 112 valence electrons. The highest BCUT2D eigenvalue weighted by Gasteiger charge is 2.13. The Balaban J connectivity index is 2.04. The SMILES string of the molecule is Cc1[nH]c(=O)c(OC(=O)O)cc1-c1cc(-n2ccnc2)cs1. The molecule has 22 heavy (non-hydrogen) atoms. The first-order valence-electron chi connectivity index (χ1n) is 6.26. The van der Waals surface area contributed by atoms with Gasteiger partial charge >= 0.3 is 6.16 Å². The summed E-state index contributed by atoms with van der Waals surface area (Å²) in [5, 5.41) is 10.6. The summed E-state index contributed by atoms with van der Waals surface area (Å²) < 4.78 is 6.36. The Morgan fingerprint density at radius 2 is 2.27 bits per heavy atom. The molecule has 3 aromatic heterocycles. The lowest BCUT2D eigenvalue weighted by molar-refractivity contribution is 0.144. The summed E-state index contributed by atoms with van der Waals surface area (Å²) in [4.78, 5) is 29.8. The molecular weight excluding hydrogens is 306 g/mol. The minimum Gasteiger partial charge on any atom is -0.449 e. The summed E-state index contributed by atoms with van der Waals surface area (Å²) in [5.41, 5.74) is 1.72. The molecule has 3 heterocycles. The monoisotopic (exact) mass is 317 g/mol. The average molecular weight is 317 g/mol.